The van der Waals surface area contributed by atoms with E-state index in [0.29, 0.717) is 5.69 Å². The summed E-state index contributed by atoms with van der Waals surface area (Å²) in [6.45, 7) is 1.87. The molecule has 0 radical (unpaired) electrons. The Labute approximate surface area is 181 Å². The number of aromatic nitrogens is 2. The standard InChI is InChI=1S/C24H19N3O5/c1-2-30-23(29)18-17(15-11-7-4-8-12-15)19-21(32-24(25)26-19)27-16(22(28)31-20(18)27)13-14-9-5-3-6-10-14/h3-13,17H,2H2,1H3,(H2,25,26)/b16-13+. The van der Waals surface area contributed by atoms with E-state index in [0.717, 1.165) is 11.1 Å². The molecule has 4 aromatic rings. The van der Waals surface area contributed by atoms with Gasteiger partial charge in [0.05, 0.1) is 12.5 Å². The maximum absolute atomic E-state index is 13.1. The molecule has 160 valence electrons. The van der Waals surface area contributed by atoms with E-state index in [1.807, 2.05) is 60.7 Å². The van der Waals surface area contributed by atoms with E-state index in [1.165, 1.54) is 4.57 Å². The molecular weight excluding hydrogens is 410 g/mol. The van der Waals surface area contributed by atoms with Crippen molar-refractivity contribution in [2.24, 2.45) is 0 Å². The van der Waals surface area contributed by atoms with E-state index >= 15 is 0 Å². The molecule has 8 nitrogen and oxygen atoms in total. The summed E-state index contributed by atoms with van der Waals surface area (Å²) < 4.78 is 18.1. The zero-order valence-electron chi connectivity index (χ0n) is 17.1. The van der Waals surface area contributed by atoms with Crippen LogP contribution in [0.3, 0.4) is 0 Å². The van der Waals surface area contributed by atoms with Crippen LogP contribution in [0.2, 0.25) is 0 Å². The Hall–Kier alpha value is -4.33. The van der Waals surface area contributed by atoms with Crippen LogP contribution in [0.15, 0.2) is 74.3 Å². The number of rotatable bonds is 4. The van der Waals surface area contributed by atoms with Gasteiger partial charge in [-0.1, -0.05) is 60.7 Å². The molecule has 2 aromatic heterocycles. The van der Waals surface area contributed by atoms with Crippen molar-refractivity contribution in [3.05, 3.63) is 98.8 Å². The number of hydrogen-bond donors (Lipinski definition) is 1. The number of oxazole rings is 2. The SMILES string of the molecule is CCOC(=O)C1=c2oc(=O)/c(=C\c3ccccc3)n2-c2oc(N)nc2C1c1ccccc1. The molecule has 0 aliphatic carbocycles. The van der Waals surface area contributed by atoms with Crippen LogP contribution in [-0.2, 0) is 9.53 Å². The Morgan fingerprint density at radius 2 is 1.81 bits per heavy atom. The number of fused-ring (bicyclic) bond motifs is 3. The first-order chi connectivity index (χ1) is 15.6. The fraction of sp³-hybridized carbons (Fsp3) is 0.125. The van der Waals surface area contributed by atoms with Gasteiger partial charge in [-0.05, 0) is 24.1 Å². The molecule has 2 aromatic carbocycles. The molecule has 3 heterocycles. The fourth-order valence-corrected chi connectivity index (χ4v) is 3.93. The van der Waals surface area contributed by atoms with Crippen LogP contribution < -0.4 is 22.3 Å². The van der Waals surface area contributed by atoms with Gasteiger partial charge < -0.3 is 19.3 Å². The largest absolute Gasteiger partial charge is 0.462 e. The minimum absolute atomic E-state index is 0.0353. The molecule has 1 unspecified atom stereocenters. The lowest BCUT2D eigenvalue weighted by atomic mass is 9.87. The van der Waals surface area contributed by atoms with Crippen molar-refractivity contribution >= 4 is 23.6 Å². The zero-order chi connectivity index (χ0) is 22.2. The normalized spacial score (nSPS) is 15.3. The number of carbonyl (C=O) groups is 1. The zero-order valence-corrected chi connectivity index (χ0v) is 17.1. The lowest BCUT2D eigenvalue weighted by Gasteiger charge is -2.21. The maximum atomic E-state index is 13.1. The van der Waals surface area contributed by atoms with Crippen molar-refractivity contribution in [1.29, 1.82) is 0 Å². The first-order valence-electron chi connectivity index (χ1n) is 10.1. The highest BCUT2D eigenvalue weighted by Crippen LogP contribution is 2.38. The molecule has 8 heteroatoms. The third-order valence-electron chi connectivity index (χ3n) is 5.22. The summed E-state index contributed by atoms with van der Waals surface area (Å²) in [4.78, 5) is 30.4. The number of ether oxygens (including phenoxy) is 1. The molecule has 0 fully saturated rings. The average Bonchev–Trinajstić information content (AvgIpc) is 3.33. The van der Waals surface area contributed by atoms with Crippen molar-refractivity contribution in [3.8, 4) is 5.88 Å². The highest BCUT2D eigenvalue weighted by Gasteiger charge is 2.39. The Balaban J connectivity index is 1.92. The molecular formula is C24H19N3O5. The Morgan fingerprint density at radius 1 is 1.12 bits per heavy atom. The van der Waals surface area contributed by atoms with E-state index in [9.17, 15) is 9.59 Å². The fourth-order valence-electron chi connectivity index (χ4n) is 3.93. The Kier molecular flexibility index (Phi) is 4.74. The molecule has 5 rings (SSSR count). The second-order valence-corrected chi connectivity index (χ2v) is 7.19. The summed E-state index contributed by atoms with van der Waals surface area (Å²) in [6.07, 6.45) is 1.66. The van der Waals surface area contributed by atoms with Gasteiger partial charge in [0.2, 0.25) is 11.4 Å². The topological polar surface area (TPSA) is 113 Å². The van der Waals surface area contributed by atoms with Gasteiger partial charge >= 0.3 is 11.6 Å². The highest BCUT2D eigenvalue weighted by molar-refractivity contribution is 6.12. The summed E-state index contributed by atoms with van der Waals surface area (Å²) in [7, 11) is 0. The first kappa shape index (κ1) is 19.6. The number of benzene rings is 2. The van der Waals surface area contributed by atoms with Crippen LogP contribution >= 0.6 is 0 Å². The number of nitrogens with two attached hydrogens (primary N) is 1. The van der Waals surface area contributed by atoms with Gasteiger partial charge in [0.1, 0.15) is 16.6 Å². The maximum Gasteiger partial charge on any atom is 0.362 e. The van der Waals surface area contributed by atoms with Crippen molar-refractivity contribution in [2.75, 3.05) is 12.3 Å². The monoisotopic (exact) mass is 429 g/mol. The molecule has 2 N–H and O–H groups in total. The van der Waals surface area contributed by atoms with Crippen molar-refractivity contribution in [2.45, 2.75) is 12.8 Å². The molecule has 0 spiro atoms. The molecule has 0 saturated carbocycles. The van der Waals surface area contributed by atoms with Crippen LogP contribution in [0.5, 0.6) is 0 Å². The number of esters is 1. The van der Waals surface area contributed by atoms with Gasteiger partial charge in [-0.15, -0.1) is 0 Å². The Bertz CT molecular complexity index is 1480. The predicted octanol–water partition coefficient (Wildman–Crippen LogP) is 1.69. The highest BCUT2D eigenvalue weighted by atomic mass is 16.5. The first-order valence-corrected chi connectivity index (χ1v) is 10.1. The van der Waals surface area contributed by atoms with Crippen molar-refractivity contribution < 1.29 is 18.4 Å². The predicted molar refractivity (Wildman–Crippen MR) is 116 cm³/mol. The van der Waals surface area contributed by atoms with E-state index < -0.39 is 17.5 Å². The van der Waals surface area contributed by atoms with Gasteiger partial charge in [-0.2, -0.15) is 4.98 Å². The number of nitrogens with zero attached hydrogens (tertiary/aromatic N) is 2. The summed E-state index contributed by atoms with van der Waals surface area (Å²) in [5, 5.41) is 0.178. The van der Waals surface area contributed by atoms with Crippen molar-refractivity contribution in [3.63, 3.8) is 0 Å². The summed E-state index contributed by atoms with van der Waals surface area (Å²) in [6, 6.07) is 18.5. The van der Waals surface area contributed by atoms with E-state index in [-0.39, 0.29) is 35.0 Å². The molecule has 1 aliphatic rings. The molecule has 0 amide bonds. The number of anilines is 1. The molecule has 0 saturated heterocycles. The Morgan fingerprint density at radius 3 is 2.50 bits per heavy atom. The van der Waals surface area contributed by atoms with Crippen LogP contribution in [0.25, 0.3) is 17.5 Å². The molecule has 0 bridgehead atoms. The number of carbonyl (C=O) groups excluding carboxylic acids is 1. The van der Waals surface area contributed by atoms with E-state index in [2.05, 4.69) is 4.98 Å². The van der Waals surface area contributed by atoms with Crippen LogP contribution in [0, 0.1) is 0 Å². The second kappa shape index (κ2) is 7.73. The van der Waals surface area contributed by atoms with Crippen LogP contribution in [-0.4, -0.2) is 22.1 Å². The van der Waals surface area contributed by atoms with Crippen LogP contribution in [0.1, 0.15) is 29.7 Å². The van der Waals surface area contributed by atoms with E-state index in [1.54, 1.807) is 13.0 Å². The minimum atomic E-state index is -0.679. The average molecular weight is 429 g/mol. The molecule has 1 atom stereocenters. The van der Waals surface area contributed by atoms with Gasteiger partial charge in [-0.3, -0.25) is 0 Å². The molecule has 32 heavy (non-hydrogen) atoms. The van der Waals surface area contributed by atoms with Gasteiger partial charge in [-0.25, -0.2) is 14.2 Å². The quantitative estimate of drug-likeness (QED) is 0.491. The summed E-state index contributed by atoms with van der Waals surface area (Å²) in [5.41, 5.74) is 7.41. The third kappa shape index (κ3) is 3.13. The second-order valence-electron chi connectivity index (χ2n) is 7.19. The number of hydrogen-bond acceptors (Lipinski definition) is 7. The van der Waals surface area contributed by atoms with Gasteiger partial charge in [0.15, 0.2) is 0 Å². The lowest BCUT2D eigenvalue weighted by molar-refractivity contribution is -0.136. The van der Waals surface area contributed by atoms with E-state index in [4.69, 9.17) is 19.3 Å². The third-order valence-corrected chi connectivity index (χ3v) is 5.22. The minimum Gasteiger partial charge on any atom is -0.462 e. The summed E-state index contributed by atoms with van der Waals surface area (Å²) in [5.74, 6) is -1.06. The molecule has 1 aliphatic heterocycles. The van der Waals surface area contributed by atoms with Crippen LogP contribution in [0.4, 0.5) is 6.01 Å². The lowest BCUT2D eigenvalue weighted by Crippen LogP contribution is -2.37. The van der Waals surface area contributed by atoms with Gasteiger partial charge in [0, 0.05) is 0 Å². The summed E-state index contributed by atoms with van der Waals surface area (Å²) >= 11 is 0. The smallest absolute Gasteiger partial charge is 0.362 e. The van der Waals surface area contributed by atoms with Crippen molar-refractivity contribution in [1.82, 2.24) is 9.55 Å². The number of nitrogen functional groups attached to an aromatic ring is 1. The van der Waals surface area contributed by atoms with Gasteiger partial charge in [0.25, 0.3) is 6.01 Å².